The van der Waals surface area contributed by atoms with Crippen molar-refractivity contribution in [3.8, 4) is 0 Å². The van der Waals surface area contributed by atoms with Crippen molar-refractivity contribution >= 4 is 33.8 Å². The molecule has 0 atom stereocenters. The SMILES string of the molecule is C=CCCC[Se]C.[Cl][Pt][Cl]. The number of halogens is 2. The van der Waals surface area contributed by atoms with Crippen molar-refractivity contribution in [2.24, 2.45) is 0 Å². The summed E-state index contributed by atoms with van der Waals surface area (Å²) in [6, 6.07) is 0. The standard InChI is InChI=1S/C6H12Se.2ClH.Pt/c1-3-4-5-6-7-2;;;/h3H,1,4-6H2,2H3;2*1H;/q;;;+2/p-2. The van der Waals surface area contributed by atoms with Gasteiger partial charge in [-0.2, -0.15) is 0 Å². The number of hydrogen-bond acceptors (Lipinski definition) is 0. The van der Waals surface area contributed by atoms with Gasteiger partial charge in [0.2, 0.25) is 0 Å². The number of allylic oxidation sites excluding steroid dienone is 1. The molecule has 0 heterocycles. The molecule has 4 heteroatoms. The van der Waals surface area contributed by atoms with E-state index in [4.69, 9.17) is 18.8 Å². The molecule has 0 aliphatic carbocycles. The molecule has 0 saturated heterocycles. The molecule has 0 rings (SSSR count). The topological polar surface area (TPSA) is 0 Å². The molecule has 0 aromatic rings. The molecule has 0 N–H and O–H groups in total. The molecule has 0 nitrogen and oxygen atoms in total. The zero-order valence-electron chi connectivity index (χ0n) is 5.89. The van der Waals surface area contributed by atoms with Gasteiger partial charge < -0.3 is 0 Å². The van der Waals surface area contributed by atoms with Gasteiger partial charge in [0.05, 0.1) is 0 Å². The van der Waals surface area contributed by atoms with Crippen LogP contribution >= 0.6 is 18.8 Å². The first-order valence-corrected chi connectivity index (χ1v) is 11.3. The summed E-state index contributed by atoms with van der Waals surface area (Å²) in [5.74, 6) is 2.27. The van der Waals surface area contributed by atoms with Crippen LogP contribution in [0.1, 0.15) is 12.8 Å². The average Bonchev–Trinajstić information content (AvgIpc) is 1.91. The first-order chi connectivity index (χ1) is 4.83. The van der Waals surface area contributed by atoms with Gasteiger partial charge >= 0.3 is 86.9 Å². The fourth-order valence-electron chi connectivity index (χ4n) is 0.372. The Hall–Kier alpha value is 1.53. The molecule has 66 valence electrons. The normalized spacial score (nSPS) is 8.30. The summed E-state index contributed by atoms with van der Waals surface area (Å²) >= 11 is 0.406. The Morgan fingerprint density at radius 1 is 1.60 bits per heavy atom. The van der Waals surface area contributed by atoms with E-state index in [1.165, 1.54) is 18.2 Å². The van der Waals surface area contributed by atoms with Crippen LogP contribution < -0.4 is 0 Å². The van der Waals surface area contributed by atoms with E-state index in [-0.39, 0.29) is 0 Å². The molecule has 0 saturated carbocycles. The van der Waals surface area contributed by atoms with Crippen LogP contribution in [0, 0.1) is 0 Å². The monoisotopic (exact) mass is 429 g/mol. The van der Waals surface area contributed by atoms with Gasteiger partial charge in [-0.15, -0.1) is 0 Å². The van der Waals surface area contributed by atoms with Gasteiger partial charge in [-0.3, -0.25) is 0 Å². The summed E-state index contributed by atoms with van der Waals surface area (Å²) in [5.41, 5.74) is 0. The molecule has 0 aromatic carbocycles. The second kappa shape index (κ2) is 16.9. The second-order valence-electron chi connectivity index (χ2n) is 1.47. The van der Waals surface area contributed by atoms with Gasteiger partial charge in [0.1, 0.15) is 0 Å². The molecule has 0 spiro atoms. The van der Waals surface area contributed by atoms with Crippen LogP contribution in [0.4, 0.5) is 0 Å². The molecule has 10 heavy (non-hydrogen) atoms. The van der Waals surface area contributed by atoms with Crippen molar-refractivity contribution in [1.82, 2.24) is 0 Å². The minimum absolute atomic E-state index is 0.472. The van der Waals surface area contributed by atoms with Gasteiger partial charge in [-0.1, -0.05) is 0 Å². The Kier molecular flexibility index (Phi) is 23.7. The van der Waals surface area contributed by atoms with Gasteiger partial charge in [0.25, 0.3) is 0 Å². The van der Waals surface area contributed by atoms with Crippen molar-refractivity contribution in [1.29, 1.82) is 0 Å². The molecule has 0 radical (unpaired) electrons. The van der Waals surface area contributed by atoms with Crippen LogP contribution in [0.3, 0.4) is 0 Å². The fourth-order valence-corrected chi connectivity index (χ4v) is 1.33. The Bertz CT molecular complexity index is 61.7. The van der Waals surface area contributed by atoms with E-state index >= 15 is 0 Å². The van der Waals surface area contributed by atoms with E-state index in [9.17, 15) is 0 Å². The zero-order valence-corrected chi connectivity index (χ0v) is 11.4. The molecule has 0 fully saturated rings. The van der Waals surface area contributed by atoms with Gasteiger partial charge in [0.15, 0.2) is 0 Å². The maximum absolute atomic E-state index is 4.88. The zero-order chi connectivity index (χ0) is 8.24. The average molecular weight is 429 g/mol. The number of rotatable bonds is 4. The third-order valence-electron chi connectivity index (χ3n) is 0.757. The summed E-state index contributed by atoms with van der Waals surface area (Å²) < 4.78 is 0. The molecule has 0 bridgehead atoms. The Balaban J connectivity index is 0. The molecule has 0 aliphatic heterocycles. The van der Waals surface area contributed by atoms with Crippen LogP contribution in [0.5, 0.6) is 0 Å². The molecule has 0 unspecified atom stereocenters. The number of unbranched alkanes of at least 4 members (excludes halogenated alkanes) is 1. The Morgan fingerprint density at radius 2 is 2.10 bits per heavy atom. The third kappa shape index (κ3) is 22.7. The van der Waals surface area contributed by atoms with Crippen molar-refractivity contribution in [2.75, 3.05) is 0 Å². The molecule has 0 amide bonds. The van der Waals surface area contributed by atoms with Crippen LogP contribution in [0.2, 0.25) is 11.1 Å². The molecular weight excluding hydrogens is 417 g/mol. The molecular formula is C6H12Cl2PtSe. The van der Waals surface area contributed by atoms with Gasteiger partial charge in [-0.05, 0) is 0 Å². The fraction of sp³-hybridized carbons (Fsp3) is 0.667. The first-order valence-electron chi connectivity index (χ1n) is 2.75. The third-order valence-corrected chi connectivity index (χ3v) is 2.22. The summed E-state index contributed by atoms with van der Waals surface area (Å²) in [6.07, 6.45) is 4.54. The summed E-state index contributed by atoms with van der Waals surface area (Å²) in [7, 11) is 9.75. The maximum atomic E-state index is 4.88. The Morgan fingerprint density at radius 3 is 2.40 bits per heavy atom. The minimum atomic E-state index is -0.472. The van der Waals surface area contributed by atoms with Gasteiger partial charge in [-0.25, -0.2) is 0 Å². The van der Waals surface area contributed by atoms with Crippen molar-refractivity contribution in [3.05, 3.63) is 12.7 Å². The van der Waals surface area contributed by atoms with Crippen molar-refractivity contribution < 1.29 is 16.5 Å². The van der Waals surface area contributed by atoms with E-state index in [0.29, 0.717) is 0 Å². The number of hydrogen-bond donors (Lipinski definition) is 0. The summed E-state index contributed by atoms with van der Waals surface area (Å²) in [5, 5.41) is 1.42. The predicted molar refractivity (Wildman–Crippen MR) is 47.6 cm³/mol. The van der Waals surface area contributed by atoms with E-state index in [2.05, 4.69) is 12.4 Å². The van der Waals surface area contributed by atoms with E-state index in [0.717, 1.165) is 15.0 Å². The quantitative estimate of drug-likeness (QED) is 0.365. The second-order valence-corrected chi connectivity index (χ2v) is 6.82. The summed E-state index contributed by atoms with van der Waals surface area (Å²) in [4.78, 5) is 0. The van der Waals surface area contributed by atoms with Crippen LogP contribution in [-0.4, -0.2) is 15.0 Å². The first kappa shape index (κ1) is 14.1. The van der Waals surface area contributed by atoms with E-state index in [1.54, 1.807) is 0 Å². The van der Waals surface area contributed by atoms with E-state index in [1.807, 2.05) is 6.08 Å². The van der Waals surface area contributed by atoms with Crippen molar-refractivity contribution in [3.63, 3.8) is 0 Å². The van der Waals surface area contributed by atoms with Crippen LogP contribution in [-0.2, 0) is 16.5 Å². The van der Waals surface area contributed by atoms with Crippen molar-refractivity contribution in [2.45, 2.75) is 24.0 Å². The summed E-state index contributed by atoms with van der Waals surface area (Å²) in [6.45, 7) is 3.64. The van der Waals surface area contributed by atoms with Gasteiger partial charge in [0, 0.05) is 0 Å². The Labute approximate surface area is 86.3 Å². The molecule has 0 aliphatic rings. The van der Waals surface area contributed by atoms with Crippen LogP contribution in [0.15, 0.2) is 12.7 Å². The van der Waals surface area contributed by atoms with Crippen LogP contribution in [0.25, 0.3) is 0 Å². The van der Waals surface area contributed by atoms with E-state index < -0.39 is 16.5 Å². The molecule has 0 aromatic heterocycles. The predicted octanol–water partition coefficient (Wildman–Crippen LogP) is 3.50.